The lowest BCUT2D eigenvalue weighted by molar-refractivity contribution is 0.00754. The second kappa shape index (κ2) is 7.29. The molecule has 1 aliphatic carbocycles. The number of aliphatic hydroxyl groups excluding tert-OH is 1. The molecule has 3 unspecified atom stereocenters. The monoisotopic (exact) mass is 370 g/mol. The zero-order valence-electron chi connectivity index (χ0n) is 14.6. The first-order valence-corrected chi connectivity index (χ1v) is 9.56. The van der Waals surface area contributed by atoms with Crippen molar-refractivity contribution in [2.24, 2.45) is 11.8 Å². The molecule has 0 aromatic heterocycles. The lowest BCUT2D eigenvalue weighted by atomic mass is 9.73. The fourth-order valence-electron chi connectivity index (χ4n) is 4.40. The van der Waals surface area contributed by atoms with Crippen molar-refractivity contribution in [1.82, 2.24) is 4.90 Å². The Morgan fingerprint density at radius 3 is 2.65 bits per heavy atom. The molecule has 0 spiro atoms. The molecule has 4 nitrogen and oxygen atoms in total. The highest BCUT2D eigenvalue weighted by Gasteiger charge is 2.42. The van der Waals surface area contributed by atoms with Crippen LogP contribution in [-0.2, 0) is 0 Å². The van der Waals surface area contributed by atoms with E-state index in [0.717, 1.165) is 42.6 Å². The Bertz CT molecular complexity index is 810. The zero-order valence-corrected chi connectivity index (χ0v) is 15.3. The third-order valence-corrected chi connectivity index (χ3v) is 5.91. The molecule has 3 atom stereocenters. The zero-order chi connectivity index (χ0) is 18.1. The number of amides is 2. The summed E-state index contributed by atoms with van der Waals surface area (Å²) in [5.41, 5.74) is 2.80. The van der Waals surface area contributed by atoms with Crippen molar-refractivity contribution in [1.29, 1.82) is 0 Å². The highest BCUT2D eigenvalue weighted by molar-refractivity contribution is 6.30. The first-order valence-electron chi connectivity index (χ1n) is 9.18. The van der Waals surface area contributed by atoms with Crippen LogP contribution in [0.5, 0.6) is 0 Å². The Labute approximate surface area is 158 Å². The molecule has 5 heteroatoms. The van der Waals surface area contributed by atoms with Gasteiger partial charge in [-0.2, -0.15) is 0 Å². The quantitative estimate of drug-likeness (QED) is 0.827. The molecule has 1 saturated carbocycles. The van der Waals surface area contributed by atoms with Gasteiger partial charge in [-0.05, 0) is 60.6 Å². The van der Waals surface area contributed by atoms with E-state index in [9.17, 15) is 9.90 Å². The number of nitrogens with one attached hydrogen (secondary N) is 1. The van der Waals surface area contributed by atoms with E-state index in [1.54, 1.807) is 0 Å². The molecule has 2 heterocycles. The number of nitrogens with zero attached hydrogens (tertiary/aromatic N) is 1. The fraction of sp³-hybridized carbons (Fsp3) is 0.381. The van der Waals surface area contributed by atoms with Gasteiger partial charge in [0, 0.05) is 35.8 Å². The van der Waals surface area contributed by atoms with Crippen molar-refractivity contribution < 1.29 is 9.90 Å². The molecule has 2 amide bonds. The summed E-state index contributed by atoms with van der Waals surface area (Å²) in [4.78, 5) is 14.8. The number of urea groups is 1. The average molecular weight is 371 g/mol. The number of hydrogen-bond acceptors (Lipinski definition) is 2. The third kappa shape index (κ3) is 3.44. The van der Waals surface area contributed by atoms with Crippen LogP contribution in [0.1, 0.15) is 19.3 Å². The van der Waals surface area contributed by atoms with Gasteiger partial charge in [0.1, 0.15) is 0 Å². The van der Waals surface area contributed by atoms with Crippen molar-refractivity contribution in [2.75, 3.05) is 18.5 Å². The van der Waals surface area contributed by atoms with Gasteiger partial charge in [0.2, 0.25) is 0 Å². The van der Waals surface area contributed by atoms with E-state index in [1.807, 2.05) is 53.4 Å². The molecule has 2 aromatic rings. The van der Waals surface area contributed by atoms with Crippen molar-refractivity contribution in [3.05, 3.63) is 53.6 Å². The average Bonchev–Trinajstić information content (AvgIpc) is 2.68. The molecule has 3 aliphatic rings. The number of halogens is 1. The minimum atomic E-state index is -0.0684. The van der Waals surface area contributed by atoms with Gasteiger partial charge in [0.25, 0.3) is 0 Å². The van der Waals surface area contributed by atoms with Crippen LogP contribution in [0.4, 0.5) is 10.5 Å². The van der Waals surface area contributed by atoms with Crippen LogP contribution in [0.25, 0.3) is 11.1 Å². The molecule has 0 radical (unpaired) electrons. The maximum absolute atomic E-state index is 12.8. The highest BCUT2D eigenvalue weighted by atomic mass is 35.5. The molecule has 136 valence electrons. The molecule has 26 heavy (non-hydrogen) atoms. The second-order valence-electron chi connectivity index (χ2n) is 7.36. The summed E-state index contributed by atoms with van der Waals surface area (Å²) in [6.45, 7) is 0.955. The Hall–Kier alpha value is -2.04. The molecule has 3 fully saturated rings. The number of anilines is 1. The van der Waals surface area contributed by atoms with Gasteiger partial charge in [0.05, 0.1) is 0 Å². The number of carbonyl (C=O) groups is 1. The SMILES string of the molecule is O=C(Nc1cccc(-c2cccc(Cl)c2)c1)N1CC2CCC1C(CO)C2. The van der Waals surface area contributed by atoms with Crippen molar-refractivity contribution >= 4 is 23.3 Å². The Morgan fingerprint density at radius 1 is 1.15 bits per heavy atom. The Balaban J connectivity index is 1.51. The van der Waals surface area contributed by atoms with E-state index >= 15 is 0 Å². The van der Waals surface area contributed by atoms with Crippen molar-refractivity contribution in [3.8, 4) is 11.1 Å². The summed E-state index contributed by atoms with van der Waals surface area (Å²) in [6.07, 6.45) is 3.19. The maximum atomic E-state index is 12.8. The Morgan fingerprint density at radius 2 is 1.92 bits per heavy atom. The number of piperidine rings is 2. The predicted molar refractivity (Wildman–Crippen MR) is 104 cm³/mol. The molecule has 5 rings (SSSR count). The van der Waals surface area contributed by atoms with E-state index in [4.69, 9.17) is 11.6 Å². The van der Waals surface area contributed by atoms with Gasteiger partial charge < -0.3 is 15.3 Å². The van der Waals surface area contributed by atoms with Crippen LogP contribution >= 0.6 is 11.6 Å². The minimum absolute atomic E-state index is 0.0684. The topological polar surface area (TPSA) is 52.6 Å². The third-order valence-electron chi connectivity index (χ3n) is 5.67. The fourth-order valence-corrected chi connectivity index (χ4v) is 4.59. The maximum Gasteiger partial charge on any atom is 0.322 e. The van der Waals surface area contributed by atoms with Gasteiger partial charge in [-0.1, -0.05) is 35.9 Å². The summed E-state index contributed by atoms with van der Waals surface area (Å²) in [5.74, 6) is 0.728. The van der Waals surface area contributed by atoms with Crippen molar-refractivity contribution in [3.63, 3.8) is 0 Å². The smallest absolute Gasteiger partial charge is 0.322 e. The lowest BCUT2D eigenvalue weighted by Gasteiger charge is -2.49. The van der Waals surface area contributed by atoms with E-state index in [1.165, 1.54) is 0 Å². The van der Waals surface area contributed by atoms with Gasteiger partial charge in [-0.3, -0.25) is 0 Å². The number of aliphatic hydroxyl groups is 1. The van der Waals surface area contributed by atoms with Crippen LogP contribution in [-0.4, -0.2) is 35.2 Å². The van der Waals surface area contributed by atoms with E-state index < -0.39 is 0 Å². The molecule has 2 aromatic carbocycles. The van der Waals surface area contributed by atoms with E-state index in [2.05, 4.69) is 5.32 Å². The number of rotatable bonds is 3. The van der Waals surface area contributed by atoms with Crippen molar-refractivity contribution in [2.45, 2.75) is 25.3 Å². The number of hydrogen-bond donors (Lipinski definition) is 2. The number of carbonyl (C=O) groups excluding carboxylic acids is 1. The Kier molecular flexibility index (Phi) is 4.88. The summed E-state index contributed by atoms with van der Waals surface area (Å²) >= 11 is 6.09. The molecule has 2 bridgehead atoms. The first kappa shape index (κ1) is 17.4. The summed E-state index contributed by atoms with van der Waals surface area (Å²) < 4.78 is 0. The van der Waals surface area contributed by atoms with E-state index in [-0.39, 0.29) is 24.6 Å². The van der Waals surface area contributed by atoms with Crippen LogP contribution in [0.2, 0.25) is 5.02 Å². The number of fused-ring (bicyclic) bond motifs is 3. The lowest BCUT2D eigenvalue weighted by Crippen LogP contribution is -2.57. The van der Waals surface area contributed by atoms with Crippen LogP contribution in [0, 0.1) is 11.8 Å². The minimum Gasteiger partial charge on any atom is -0.396 e. The summed E-state index contributed by atoms with van der Waals surface area (Å²) in [6, 6.07) is 15.6. The molecular formula is C21H23ClN2O2. The van der Waals surface area contributed by atoms with Crippen LogP contribution in [0.15, 0.2) is 48.5 Å². The van der Waals surface area contributed by atoms with Gasteiger partial charge in [-0.25, -0.2) is 4.79 Å². The van der Waals surface area contributed by atoms with Gasteiger partial charge >= 0.3 is 6.03 Å². The molecule has 2 N–H and O–H groups in total. The normalized spacial score (nSPS) is 24.5. The molecule has 2 aliphatic heterocycles. The molecule has 2 saturated heterocycles. The van der Waals surface area contributed by atoms with Crippen LogP contribution < -0.4 is 5.32 Å². The second-order valence-corrected chi connectivity index (χ2v) is 7.80. The number of benzene rings is 2. The van der Waals surface area contributed by atoms with Crippen LogP contribution in [0.3, 0.4) is 0 Å². The largest absolute Gasteiger partial charge is 0.396 e. The van der Waals surface area contributed by atoms with Gasteiger partial charge in [-0.15, -0.1) is 0 Å². The standard InChI is InChI=1S/C21H23ClN2O2/c22-18-5-1-3-15(10-18)16-4-2-6-19(11-16)23-21(26)24-12-14-7-8-20(24)17(9-14)13-25/h1-6,10-11,14,17,20,25H,7-9,12-13H2,(H,23,26). The summed E-state index contributed by atoms with van der Waals surface area (Å²) in [5, 5.41) is 13.3. The molecular weight excluding hydrogens is 348 g/mol. The van der Waals surface area contributed by atoms with Gasteiger partial charge in [0.15, 0.2) is 0 Å². The predicted octanol–water partition coefficient (Wildman–Crippen LogP) is 4.63. The highest BCUT2D eigenvalue weighted by Crippen LogP contribution is 2.39. The van der Waals surface area contributed by atoms with E-state index in [0.29, 0.717) is 10.9 Å². The summed E-state index contributed by atoms with van der Waals surface area (Å²) in [7, 11) is 0. The first-order chi connectivity index (χ1) is 12.6.